The summed E-state index contributed by atoms with van der Waals surface area (Å²) in [5.74, 6) is -0.318. The van der Waals surface area contributed by atoms with Crippen molar-refractivity contribution in [3.8, 4) is 0 Å². The molecule has 6 heteroatoms. The molecule has 0 radical (unpaired) electrons. The normalized spacial score (nSPS) is 10.1. The van der Waals surface area contributed by atoms with Gasteiger partial charge >= 0.3 is 12.0 Å². The second-order valence-corrected chi connectivity index (χ2v) is 4.25. The van der Waals surface area contributed by atoms with E-state index in [1.165, 1.54) is 17.0 Å². The van der Waals surface area contributed by atoms with Crippen LogP contribution in [0.3, 0.4) is 0 Å². The van der Waals surface area contributed by atoms with Gasteiger partial charge in [-0.2, -0.15) is 0 Å². The summed E-state index contributed by atoms with van der Waals surface area (Å²) in [6, 6.07) is 9.19. The predicted octanol–water partition coefficient (Wildman–Crippen LogP) is 2.64. The zero-order chi connectivity index (χ0) is 14.5. The lowest BCUT2D eigenvalue weighted by Gasteiger charge is -2.16. The fourth-order valence-corrected chi connectivity index (χ4v) is 1.62. The lowest BCUT2D eigenvalue weighted by Crippen LogP contribution is -2.30. The molecule has 0 bridgehead atoms. The molecule has 0 saturated carbocycles. The lowest BCUT2D eigenvalue weighted by molar-refractivity contribution is 0.0697. The van der Waals surface area contributed by atoms with Crippen LogP contribution in [-0.2, 0) is 6.54 Å². The summed E-state index contributed by atoms with van der Waals surface area (Å²) in [4.78, 5) is 24.1. The first-order chi connectivity index (χ1) is 9.56. The van der Waals surface area contributed by atoms with Crippen LogP contribution in [0.15, 0.2) is 47.1 Å². The number of aromatic carboxylic acids is 1. The molecule has 0 saturated heterocycles. The molecule has 1 aromatic heterocycles. The van der Waals surface area contributed by atoms with Gasteiger partial charge in [0.2, 0.25) is 0 Å². The number of hydrogen-bond donors (Lipinski definition) is 2. The van der Waals surface area contributed by atoms with Gasteiger partial charge in [0, 0.05) is 12.7 Å². The molecule has 20 heavy (non-hydrogen) atoms. The quantitative estimate of drug-likeness (QED) is 0.897. The molecular formula is C14H14N2O4. The minimum atomic E-state index is -1.00. The molecule has 1 heterocycles. The third kappa shape index (κ3) is 3.38. The van der Waals surface area contributed by atoms with Gasteiger partial charge in [0.1, 0.15) is 5.76 Å². The molecular weight excluding hydrogens is 260 g/mol. The summed E-state index contributed by atoms with van der Waals surface area (Å²) in [7, 11) is 1.64. The minimum absolute atomic E-state index is 0.173. The molecule has 2 aromatic rings. The predicted molar refractivity (Wildman–Crippen MR) is 72.6 cm³/mol. The van der Waals surface area contributed by atoms with E-state index in [1.54, 1.807) is 37.6 Å². The van der Waals surface area contributed by atoms with Crippen LogP contribution in [0.2, 0.25) is 0 Å². The number of hydrogen-bond acceptors (Lipinski definition) is 3. The monoisotopic (exact) mass is 274 g/mol. The van der Waals surface area contributed by atoms with Gasteiger partial charge in [-0.1, -0.05) is 0 Å². The first-order valence-corrected chi connectivity index (χ1v) is 5.94. The van der Waals surface area contributed by atoms with E-state index >= 15 is 0 Å². The van der Waals surface area contributed by atoms with E-state index in [0.717, 1.165) is 0 Å². The zero-order valence-corrected chi connectivity index (χ0v) is 10.9. The average Bonchev–Trinajstić information content (AvgIpc) is 2.92. The maximum absolute atomic E-state index is 11.9. The SMILES string of the molecule is CN(Cc1ccco1)C(=O)Nc1ccc(C(=O)O)cc1. The minimum Gasteiger partial charge on any atom is -0.478 e. The number of rotatable bonds is 4. The Labute approximate surface area is 115 Å². The van der Waals surface area contributed by atoms with Gasteiger partial charge in [-0.05, 0) is 36.4 Å². The highest BCUT2D eigenvalue weighted by Gasteiger charge is 2.11. The van der Waals surface area contributed by atoms with E-state index in [0.29, 0.717) is 18.0 Å². The van der Waals surface area contributed by atoms with E-state index in [-0.39, 0.29) is 11.6 Å². The van der Waals surface area contributed by atoms with Gasteiger partial charge in [0.25, 0.3) is 0 Å². The topological polar surface area (TPSA) is 82.8 Å². The van der Waals surface area contributed by atoms with Gasteiger partial charge in [-0.25, -0.2) is 9.59 Å². The number of furan rings is 1. The second-order valence-electron chi connectivity index (χ2n) is 4.25. The molecule has 0 atom stereocenters. The summed E-state index contributed by atoms with van der Waals surface area (Å²) >= 11 is 0. The van der Waals surface area contributed by atoms with Crippen LogP contribution in [0.25, 0.3) is 0 Å². The summed E-state index contributed by atoms with van der Waals surface area (Å²) < 4.78 is 5.16. The summed E-state index contributed by atoms with van der Waals surface area (Å²) in [5, 5.41) is 11.5. The number of nitrogens with zero attached hydrogens (tertiary/aromatic N) is 1. The highest BCUT2D eigenvalue weighted by Crippen LogP contribution is 2.11. The molecule has 2 N–H and O–H groups in total. The number of amides is 2. The Morgan fingerprint density at radius 2 is 1.95 bits per heavy atom. The molecule has 6 nitrogen and oxygen atoms in total. The number of carbonyl (C=O) groups excluding carboxylic acids is 1. The number of carbonyl (C=O) groups is 2. The fraction of sp³-hybridized carbons (Fsp3) is 0.143. The van der Waals surface area contributed by atoms with E-state index in [1.807, 2.05) is 0 Å². The standard InChI is InChI=1S/C14H14N2O4/c1-16(9-12-3-2-8-20-12)14(19)15-11-6-4-10(5-7-11)13(17)18/h2-8H,9H2,1H3,(H,15,19)(H,17,18). The van der Waals surface area contributed by atoms with Gasteiger partial charge < -0.3 is 19.7 Å². The molecule has 0 unspecified atom stereocenters. The lowest BCUT2D eigenvalue weighted by atomic mass is 10.2. The summed E-state index contributed by atoms with van der Waals surface area (Å²) in [5.41, 5.74) is 0.707. The van der Waals surface area contributed by atoms with Crippen molar-refractivity contribution in [2.75, 3.05) is 12.4 Å². The van der Waals surface area contributed by atoms with Crippen molar-refractivity contribution in [1.29, 1.82) is 0 Å². The Hall–Kier alpha value is -2.76. The number of anilines is 1. The number of carboxylic acids is 1. The van der Waals surface area contributed by atoms with Crippen LogP contribution in [0.1, 0.15) is 16.1 Å². The van der Waals surface area contributed by atoms with Crippen LogP contribution < -0.4 is 5.32 Å². The Morgan fingerprint density at radius 3 is 2.50 bits per heavy atom. The van der Waals surface area contributed by atoms with Crippen LogP contribution >= 0.6 is 0 Å². The van der Waals surface area contributed by atoms with Gasteiger partial charge in [0.15, 0.2) is 0 Å². The third-order valence-corrected chi connectivity index (χ3v) is 2.70. The zero-order valence-electron chi connectivity index (χ0n) is 10.9. The number of benzene rings is 1. The summed E-state index contributed by atoms with van der Waals surface area (Å²) in [6.45, 7) is 0.353. The van der Waals surface area contributed by atoms with Gasteiger partial charge in [-0.15, -0.1) is 0 Å². The van der Waals surface area contributed by atoms with Crippen molar-refractivity contribution in [1.82, 2.24) is 4.90 Å². The van der Waals surface area contributed by atoms with Crippen molar-refractivity contribution < 1.29 is 19.1 Å². The number of urea groups is 1. The molecule has 0 aliphatic heterocycles. The maximum atomic E-state index is 11.9. The molecule has 0 aliphatic rings. The van der Waals surface area contributed by atoms with Crippen molar-refractivity contribution >= 4 is 17.7 Å². The molecule has 2 rings (SSSR count). The number of nitrogens with one attached hydrogen (secondary N) is 1. The highest BCUT2D eigenvalue weighted by atomic mass is 16.4. The van der Waals surface area contributed by atoms with Crippen LogP contribution in [0, 0.1) is 0 Å². The average molecular weight is 274 g/mol. The first kappa shape index (κ1) is 13.7. The third-order valence-electron chi connectivity index (χ3n) is 2.70. The van der Waals surface area contributed by atoms with E-state index in [9.17, 15) is 9.59 Å². The van der Waals surface area contributed by atoms with E-state index < -0.39 is 5.97 Å². The van der Waals surface area contributed by atoms with E-state index in [2.05, 4.69) is 5.32 Å². The Bertz CT molecular complexity index is 590. The number of carboxylic acid groups (broad SMARTS) is 1. The second kappa shape index (κ2) is 5.92. The van der Waals surface area contributed by atoms with Gasteiger partial charge in [0.05, 0.1) is 18.4 Å². The largest absolute Gasteiger partial charge is 0.478 e. The maximum Gasteiger partial charge on any atom is 0.335 e. The summed E-state index contributed by atoms with van der Waals surface area (Å²) in [6.07, 6.45) is 1.55. The van der Waals surface area contributed by atoms with Crippen molar-refractivity contribution in [2.45, 2.75) is 6.54 Å². The molecule has 0 spiro atoms. The molecule has 2 amide bonds. The Kier molecular flexibility index (Phi) is 4.05. The Morgan fingerprint density at radius 1 is 1.25 bits per heavy atom. The van der Waals surface area contributed by atoms with Gasteiger partial charge in [-0.3, -0.25) is 0 Å². The molecule has 1 aromatic carbocycles. The van der Waals surface area contributed by atoms with Crippen LogP contribution in [0.5, 0.6) is 0 Å². The van der Waals surface area contributed by atoms with Crippen molar-refractivity contribution in [3.05, 3.63) is 54.0 Å². The first-order valence-electron chi connectivity index (χ1n) is 5.94. The fourth-order valence-electron chi connectivity index (χ4n) is 1.62. The molecule has 0 fully saturated rings. The highest BCUT2D eigenvalue weighted by molar-refractivity contribution is 5.91. The molecule has 0 aliphatic carbocycles. The molecule has 104 valence electrons. The smallest absolute Gasteiger partial charge is 0.335 e. The Balaban J connectivity index is 1.95. The van der Waals surface area contributed by atoms with Crippen LogP contribution in [0.4, 0.5) is 10.5 Å². The van der Waals surface area contributed by atoms with Crippen molar-refractivity contribution in [2.24, 2.45) is 0 Å². The van der Waals surface area contributed by atoms with Crippen LogP contribution in [-0.4, -0.2) is 29.1 Å². The van der Waals surface area contributed by atoms with Crippen molar-refractivity contribution in [3.63, 3.8) is 0 Å². The van der Waals surface area contributed by atoms with E-state index in [4.69, 9.17) is 9.52 Å².